The molecule has 0 bridgehead atoms. The van der Waals surface area contributed by atoms with Gasteiger partial charge in [0.1, 0.15) is 11.8 Å². The number of halogens is 3. The van der Waals surface area contributed by atoms with Crippen LogP contribution in [-0.2, 0) is 16.0 Å². The van der Waals surface area contributed by atoms with Crippen molar-refractivity contribution in [1.82, 2.24) is 0 Å². The third-order valence-corrected chi connectivity index (χ3v) is 2.38. The van der Waals surface area contributed by atoms with E-state index in [1.165, 1.54) is 31.4 Å². The van der Waals surface area contributed by atoms with Crippen LogP contribution in [0.15, 0.2) is 24.3 Å². The Morgan fingerprint density at radius 1 is 1.32 bits per heavy atom. The van der Waals surface area contributed by atoms with Gasteiger partial charge in [-0.25, -0.2) is 4.79 Å². The summed E-state index contributed by atoms with van der Waals surface area (Å²) in [6.45, 7) is -0.252. The largest absolute Gasteiger partial charge is 0.482 e. The number of alkyl halides is 3. The standard InChI is InChI=1S/C12H14F3NO3/c1-18-11(17)7-19-9-4-2-8(3-5-9)6-10(16)12(13,14)15/h2-5,10H,6-7,16H2,1H3. The van der Waals surface area contributed by atoms with Gasteiger partial charge in [0.25, 0.3) is 0 Å². The summed E-state index contributed by atoms with van der Waals surface area (Å²) < 4.78 is 46.2. The van der Waals surface area contributed by atoms with Gasteiger partial charge < -0.3 is 15.2 Å². The van der Waals surface area contributed by atoms with Crippen molar-refractivity contribution in [2.45, 2.75) is 18.6 Å². The molecule has 0 saturated heterocycles. The molecule has 1 unspecified atom stereocenters. The first-order valence-corrected chi connectivity index (χ1v) is 5.43. The lowest BCUT2D eigenvalue weighted by Gasteiger charge is -2.15. The molecule has 0 aliphatic rings. The van der Waals surface area contributed by atoms with Crippen molar-refractivity contribution in [3.8, 4) is 5.75 Å². The van der Waals surface area contributed by atoms with E-state index in [0.717, 1.165) is 0 Å². The van der Waals surface area contributed by atoms with E-state index in [2.05, 4.69) is 4.74 Å². The molecule has 1 atom stereocenters. The Hall–Kier alpha value is -1.76. The van der Waals surface area contributed by atoms with Gasteiger partial charge in [0.2, 0.25) is 0 Å². The average molecular weight is 277 g/mol. The van der Waals surface area contributed by atoms with Crippen LogP contribution < -0.4 is 10.5 Å². The first-order chi connectivity index (χ1) is 8.82. The molecule has 7 heteroatoms. The van der Waals surface area contributed by atoms with Gasteiger partial charge in [-0.3, -0.25) is 0 Å². The fourth-order valence-electron chi connectivity index (χ4n) is 1.29. The maximum Gasteiger partial charge on any atom is 0.403 e. The lowest BCUT2D eigenvalue weighted by atomic mass is 10.1. The van der Waals surface area contributed by atoms with Crippen LogP contribution in [0.4, 0.5) is 13.2 Å². The number of methoxy groups -OCH3 is 1. The summed E-state index contributed by atoms with van der Waals surface area (Å²) in [7, 11) is 1.23. The summed E-state index contributed by atoms with van der Waals surface area (Å²) in [5, 5.41) is 0. The quantitative estimate of drug-likeness (QED) is 0.832. The minimum Gasteiger partial charge on any atom is -0.482 e. The molecule has 0 radical (unpaired) electrons. The maximum absolute atomic E-state index is 12.3. The van der Waals surface area contributed by atoms with Crippen molar-refractivity contribution in [1.29, 1.82) is 0 Å². The van der Waals surface area contributed by atoms with Crippen molar-refractivity contribution in [2.75, 3.05) is 13.7 Å². The molecule has 0 aromatic heterocycles. The molecule has 0 saturated carbocycles. The van der Waals surface area contributed by atoms with Crippen LogP contribution in [-0.4, -0.2) is 31.9 Å². The maximum atomic E-state index is 12.3. The first kappa shape index (κ1) is 15.3. The van der Waals surface area contributed by atoms with Crippen LogP contribution in [0, 0.1) is 0 Å². The molecular formula is C12H14F3NO3. The van der Waals surface area contributed by atoms with Gasteiger partial charge in [-0.05, 0) is 24.1 Å². The molecule has 1 aromatic carbocycles. The van der Waals surface area contributed by atoms with Gasteiger partial charge in [-0.2, -0.15) is 13.2 Å². The fourth-order valence-corrected chi connectivity index (χ4v) is 1.29. The number of hydrogen-bond acceptors (Lipinski definition) is 4. The molecule has 0 aliphatic carbocycles. The number of ether oxygens (including phenoxy) is 2. The molecule has 4 nitrogen and oxygen atoms in total. The monoisotopic (exact) mass is 277 g/mol. The Labute approximate surface area is 108 Å². The highest BCUT2D eigenvalue weighted by atomic mass is 19.4. The zero-order chi connectivity index (χ0) is 14.5. The molecule has 0 heterocycles. The van der Waals surface area contributed by atoms with Crippen LogP contribution in [0.1, 0.15) is 5.56 Å². The van der Waals surface area contributed by atoms with Crippen LogP contribution in [0.2, 0.25) is 0 Å². The van der Waals surface area contributed by atoms with Crippen molar-refractivity contribution in [3.05, 3.63) is 29.8 Å². The Bertz CT molecular complexity index is 417. The minimum atomic E-state index is -4.42. The van der Waals surface area contributed by atoms with Gasteiger partial charge in [-0.1, -0.05) is 12.1 Å². The average Bonchev–Trinajstić information content (AvgIpc) is 2.36. The second-order valence-corrected chi connectivity index (χ2v) is 3.86. The molecule has 106 valence electrons. The van der Waals surface area contributed by atoms with Gasteiger partial charge in [-0.15, -0.1) is 0 Å². The topological polar surface area (TPSA) is 61.5 Å². The summed E-state index contributed by atoms with van der Waals surface area (Å²) in [5.41, 5.74) is 5.46. The molecule has 19 heavy (non-hydrogen) atoms. The zero-order valence-corrected chi connectivity index (χ0v) is 10.2. The second kappa shape index (κ2) is 6.42. The van der Waals surface area contributed by atoms with Crippen LogP contribution in [0.25, 0.3) is 0 Å². The number of benzene rings is 1. The summed E-state index contributed by atoms with van der Waals surface area (Å²) in [4.78, 5) is 10.8. The summed E-state index contributed by atoms with van der Waals surface area (Å²) >= 11 is 0. The number of nitrogens with two attached hydrogens (primary N) is 1. The minimum absolute atomic E-state index is 0.252. The second-order valence-electron chi connectivity index (χ2n) is 3.86. The fraction of sp³-hybridized carbons (Fsp3) is 0.417. The highest BCUT2D eigenvalue weighted by Gasteiger charge is 2.36. The molecule has 2 N–H and O–H groups in total. The summed E-state index contributed by atoms with van der Waals surface area (Å²) in [6, 6.07) is 3.99. The third kappa shape index (κ3) is 5.17. The lowest BCUT2D eigenvalue weighted by molar-refractivity contribution is -0.147. The van der Waals surface area contributed by atoms with Crippen LogP contribution in [0.5, 0.6) is 5.75 Å². The van der Waals surface area contributed by atoms with Crippen LogP contribution in [0.3, 0.4) is 0 Å². The molecule has 1 aromatic rings. The molecule has 0 amide bonds. The molecule has 0 spiro atoms. The van der Waals surface area contributed by atoms with Crippen molar-refractivity contribution >= 4 is 5.97 Å². The molecule has 0 aliphatic heterocycles. The van der Waals surface area contributed by atoms with E-state index in [4.69, 9.17) is 10.5 Å². The van der Waals surface area contributed by atoms with E-state index in [9.17, 15) is 18.0 Å². The highest BCUT2D eigenvalue weighted by molar-refractivity contribution is 5.70. The Morgan fingerprint density at radius 3 is 2.37 bits per heavy atom. The lowest BCUT2D eigenvalue weighted by Crippen LogP contribution is -2.39. The van der Waals surface area contributed by atoms with E-state index in [-0.39, 0.29) is 13.0 Å². The zero-order valence-electron chi connectivity index (χ0n) is 10.2. The van der Waals surface area contributed by atoms with E-state index in [0.29, 0.717) is 11.3 Å². The Morgan fingerprint density at radius 2 is 1.89 bits per heavy atom. The third-order valence-electron chi connectivity index (χ3n) is 2.38. The molecule has 1 rings (SSSR count). The normalized spacial score (nSPS) is 12.9. The van der Waals surface area contributed by atoms with Crippen molar-refractivity contribution in [3.63, 3.8) is 0 Å². The van der Waals surface area contributed by atoms with Gasteiger partial charge in [0, 0.05) is 0 Å². The van der Waals surface area contributed by atoms with E-state index >= 15 is 0 Å². The van der Waals surface area contributed by atoms with Gasteiger partial charge in [0.05, 0.1) is 7.11 Å². The molecule has 0 fully saturated rings. The number of esters is 1. The highest BCUT2D eigenvalue weighted by Crippen LogP contribution is 2.22. The number of carbonyl (C=O) groups excluding carboxylic acids is 1. The number of rotatable bonds is 5. The number of hydrogen-bond donors (Lipinski definition) is 1. The number of carbonyl (C=O) groups is 1. The Kier molecular flexibility index (Phi) is 5.17. The van der Waals surface area contributed by atoms with Crippen molar-refractivity contribution in [2.24, 2.45) is 5.73 Å². The summed E-state index contributed by atoms with van der Waals surface area (Å²) in [6.07, 6.45) is -4.72. The summed E-state index contributed by atoms with van der Waals surface area (Å²) in [5.74, 6) is -0.169. The SMILES string of the molecule is COC(=O)COc1ccc(CC(N)C(F)(F)F)cc1. The predicted octanol–water partition coefficient (Wildman–Crippen LogP) is 1.67. The predicted molar refractivity (Wildman–Crippen MR) is 61.7 cm³/mol. The van der Waals surface area contributed by atoms with Gasteiger partial charge >= 0.3 is 12.1 Å². The smallest absolute Gasteiger partial charge is 0.403 e. The van der Waals surface area contributed by atoms with E-state index in [1.54, 1.807) is 0 Å². The van der Waals surface area contributed by atoms with Crippen molar-refractivity contribution < 1.29 is 27.4 Å². The van der Waals surface area contributed by atoms with Crippen LogP contribution >= 0.6 is 0 Å². The van der Waals surface area contributed by atoms with Gasteiger partial charge in [0.15, 0.2) is 6.61 Å². The Balaban J connectivity index is 2.54. The molecular weight excluding hydrogens is 263 g/mol. The van der Waals surface area contributed by atoms with E-state index < -0.39 is 18.2 Å². The van der Waals surface area contributed by atoms with E-state index in [1.807, 2.05) is 0 Å². The first-order valence-electron chi connectivity index (χ1n) is 5.43.